The van der Waals surface area contributed by atoms with Gasteiger partial charge in [0.1, 0.15) is 0 Å². The molecule has 4 nitrogen and oxygen atoms in total. The van der Waals surface area contributed by atoms with Crippen molar-refractivity contribution in [1.29, 1.82) is 0 Å². The van der Waals surface area contributed by atoms with Crippen molar-refractivity contribution < 1.29 is 9.90 Å². The highest BCUT2D eigenvalue weighted by Crippen LogP contribution is 2.28. The van der Waals surface area contributed by atoms with Crippen LogP contribution in [0, 0.1) is 0 Å². The summed E-state index contributed by atoms with van der Waals surface area (Å²) in [6, 6.07) is 7.20. The van der Waals surface area contributed by atoms with Crippen LogP contribution in [0.15, 0.2) is 24.3 Å². The SMILES string of the molecule is NC1(CC(=O)Nc2ccc(CO)cc2)CCCCC1. The van der Waals surface area contributed by atoms with Gasteiger partial charge in [-0.25, -0.2) is 0 Å². The summed E-state index contributed by atoms with van der Waals surface area (Å²) >= 11 is 0. The van der Waals surface area contributed by atoms with Crippen molar-refractivity contribution in [3.8, 4) is 0 Å². The Bertz CT molecular complexity index is 422. The number of carbonyl (C=O) groups excluding carboxylic acids is 1. The van der Waals surface area contributed by atoms with Gasteiger partial charge in [0.25, 0.3) is 0 Å². The van der Waals surface area contributed by atoms with Gasteiger partial charge >= 0.3 is 0 Å². The molecule has 19 heavy (non-hydrogen) atoms. The molecule has 0 atom stereocenters. The summed E-state index contributed by atoms with van der Waals surface area (Å²) in [6.07, 6.45) is 5.72. The van der Waals surface area contributed by atoms with Crippen molar-refractivity contribution in [1.82, 2.24) is 0 Å². The number of hydrogen-bond donors (Lipinski definition) is 3. The number of anilines is 1. The van der Waals surface area contributed by atoms with Gasteiger partial charge in [0.2, 0.25) is 5.91 Å². The van der Waals surface area contributed by atoms with Gasteiger partial charge in [-0.05, 0) is 30.5 Å². The summed E-state index contributed by atoms with van der Waals surface area (Å²) in [4.78, 5) is 12.0. The van der Waals surface area contributed by atoms with Crippen molar-refractivity contribution in [2.45, 2.75) is 50.7 Å². The first kappa shape index (κ1) is 14.0. The minimum absolute atomic E-state index is 0.0140. The second kappa shape index (κ2) is 6.17. The molecule has 0 spiro atoms. The van der Waals surface area contributed by atoms with Gasteiger partial charge in [-0.3, -0.25) is 4.79 Å². The lowest BCUT2D eigenvalue weighted by atomic mass is 9.80. The Morgan fingerprint density at radius 3 is 2.42 bits per heavy atom. The zero-order valence-electron chi connectivity index (χ0n) is 11.2. The van der Waals surface area contributed by atoms with Gasteiger partial charge in [-0.1, -0.05) is 31.4 Å². The molecule has 0 aliphatic heterocycles. The van der Waals surface area contributed by atoms with Gasteiger partial charge < -0.3 is 16.2 Å². The van der Waals surface area contributed by atoms with Crippen LogP contribution in [0.4, 0.5) is 5.69 Å². The first-order chi connectivity index (χ1) is 9.11. The number of carbonyl (C=O) groups is 1. The van der Waals surface area contributed by atoms with E-state index in [4.69, 9.17) is 10.8 Å². The van der Waals surface area contributed by atoms with Crippen LogP contribution in [-0.2, 0) is 11.4 Å². The number of benzene rings is 1. The Hall–Kier alpha value is -1.39. The minimum atomic E-state index is -0.326. The molecule has 1 aliphatic rings. The first-order valence-corrected chi connectivity index (χ1v) is 6.90. The van der Waals surface area contributed by atoms with Crippen molar-refractivity contribution in [3.63, 3.8) is 0 Å². The van der Waals surface area contributed by atoms with E-state index in [-0.39, 0.29) is 18.1 Å². The van der Waals surface area contributed by atoms with Crippen LogP contribution in [-0.4, -0.2) is 16.6 Å². The highest BCUT2D eigenvalue weighted by molar-refractivity contribution is 5.91. The largest absolute Gasteiger partial charge is 0.392 e. The lowest BCUT2D eigenvalue weighted by Gasteiger charge is -2.32. The van der Waals surface area contributed by atoms with Crippen LogP contribution in [0.3, 0.4) is 0 Å². The smallest absolute Gasteiger partial charge is 0.226 e. The quantitative estimate of drug-likeness (QED) is 0.778. The first-order valence-electron chi connectivity index (χ1n) is 6.90. The molecule has 4 N–H and O–H groups in total. The standard InChI is InChI=1S/C15H22N2O2/c16-15(8-2-1-3-9-15)10-14(19)17-13-6-4-12(11-18)5-7-13/h4-7,18H,1-3,8-11,16H2,(H,17,19). The van der Waals surface area contributed by atoms with Crippen LogP contribution in [0.5, 0.6) is 0 Å². The van der Waals surface area contributed by atoms with Gasteiger partial charge in [0.05, 0.1) is 6.61 Å². The molecule has 0 heterocycles. The number of hydrogen-bond acceptors (Lipinski definition) is 3. The average Bonchev–Trinajstić information content (AvgIpc) is 2.39. The number of aliphatic hydroxyl groups is 1. The lowest BCUT2D eigenvalue weighted by molar-refractivity contribution is -0.117. The van der Waals surface area contributed by atoms with Crippen LogP contribution < -0.4 is 11.1 Å². The van der Waals surface area contributed by atoms with Gasteiger partial charge in [-0.15, -0.1) is 0 Å². The number of amides is 1. The fraction of sp³-hybridized carbons (Fsp3) is 0.533. The van der Waals surface area contributed by atoms with Crippen molar-refractivity contribution >= 4 is 11.6 Å². The number of rotatable bonds is 4. The molecule has 0 bridgehead atoms. The summed E-state index contributed by atoms with van der Waals surface area (Å²) in [6.45, 7) is 0.0140. The van der Waals surface area contributed by atoms with E-state index in [2.05, 4.69) is 5.32 Å². The average molecular weight is 262 g/mol. The molecule has 0 unspecified atom stereocenters. The predicted molar refractivity (Wildman–Crippen MR) is 75.6 cm³/mol. The molecule has 104 valence electrons. The van der Waals surface area contributed by atoms with Crippen molar-refractivity contribution in [2.24, 2.45) is 5.73 Å². The molecule has 1 amide bonds. The molecule has 1 aromatic carbocycles. The van der Waals surface area contributed by atoms with E-state index in [1.165, 1.54) is 6.42 Å². The molecule has 0 saturated heterocycles. The Labute approximate surface area is 114 Å². The fourth-order valence-corrected chi connectivity index (χ4v) is 2.65. The number of nitrogens with one attached hydrogen (secondary N) is 1. The third-order valence-corrected chi connectivity index (χ3v) is 3.78. The Morgan fingerprint density at radius 1 is 1.21 bits per heavy atom. The van der Waals surface area contributed by atoms with Crippen LogP contribution in [0.1, 0.15) is 44.1 Å². The molecule has 1 aliphatic carbocycles. The van der Waals surface area contributed by atoms with E-state index in [0.717, 1.165) is 36.9 Å². The van der Waals surface area contributed by atoms with Gasteiger partial charge in [0, 0.05) is 17.6 Å². The third-order valence-electron chi connectivity index (χ3n) is 3.78. The maximum atomic E-state index is 12.0. The monoisotopic (exact) mass is 262 g/mol. The summed E-state index contributed by atoms with van der Waals surface area (Å²) < 4.78 is 0. The third kappa shape index (κ3) is 4.04. The van der Waals surface area contributed by atoms with Gasteiger partial charge in [-0.2, -0.15) is 0 Å². The van der Waals surface area contributed by atoms with Crippen molar-refractivity contribution in [2.75, 3.05) is 5.32 Å². The van der Waals surface area contributed by atoms with E-state index in [1.54, 1.807) is 24.3 Å². The maximum Gasteiger partial charge on any atom is 0.226 e. The normalized spacial score (nSPS) is 18.0. The van der Waals surface area contributed by atoms with Crippen LogP contribution in [0.25, 0.3) is 0 Å². The van der Waals surface area contributed by atoms with E-state index in [0.29, 0.717) is 6.42 Å². The zero-order valence-corrected chi connectivity index (χ0v) is 11.2. The summed E-state index contributed by atoms with van der Waals surface area (Å²) in [5, 5.41) is 11.8. The van der Waals surface area contributed by atoms with E-state index < -0.39 is 0 Å². The second-order valence-electron chi connectivity index (χ2n) is 5.50. The van der Waals surface area contributed by atoms with E-state index in [1.807, 2.05) is 0 Å². The maximum absolute atomic E-state index is 12.0. The highest BCUT2D eigenvalue weighted by atomic mass is 16.3. The Balaban J connectivity index is 1.89. The van der Waals surface area contributed by atoms with Gasteiger partial charge in [0.15, 0.2) is 0 Å². The van der Waals surface area contributed by atoms with E-state index in [9.17, 15) is 4.79 Å². The van der Waals surface area contributed by atoms with Crippen molar-refractivity contribution in [3.05, 3.63) is 29.8 Å². The zero-order chi connectivity index (χ0) is 13.7. The molecule has 2 rings (SSSR count). The van der Waals surface area contributed by atoms with E-state index >= 15 is 0 Å². The fourth-order valence-electron chi connectivity index (χ4n) is 2.65. The number of aliphatic hydroxyl groups excluding tert-OH is 1. The summed E-state index contributed by atoms with van der Waals surface area (Å²) in [5.74, 6) is -0.0267. The molecule has 0 aromatic heterocycles. The Kier molecular flexibility index (Phi) is 4.56. The molecule has 0 radical (unpaired) electrons. The molecular weight excluding hydrogens is 240 g/mol. The molecule has 1 saturated carbocycles. The molecule has 1 aromatic rings. The summed E-state index contributed by atoms with van der Waals surface area (Å²) in [5.41, 5.74) is 7.52. The lowest BCUT2D eigenvalue weighted by Crippen LogP contribution is -2.44. The number of nitrogens with two attached hydrogens (primary N) is 1. The minimum Gasteiger partial charge on any atom is -0.392 e. The topological polar surface area (TPSA) is 75.4 Å². The second-order valence-corrected chi connectivity index (χ2v) is 5.50. The highest BCUT2D eigenvalue weighted by Gasteiger charge is 2.29. The predicted octanol–water partition coefficient (Wildman–Crippen LogP) is 2.17. The van der Waals surface area contributed by atoms with Crippen LogP contribution >= 0.6 is 0 Å². The molecular formula is C15H22N2O2. The molecule has 1 fully saturated rings. The van der Waals surface area contributed by atoms with Crippen LogP contribution in [0.2, 0.25) is 0 Å². The Morgan fingerprint density at radius 2 is 1.84 bits per heavy atom. The summed E-state index contributed by atoms with van der Waals surface area (Å²) in [7, 11) is 0. The molecule has 4 heteroatoms.